The molecule has 5 nitrogen and oxygen atoms in total. The van der Waals surface area contributed by atoms with Gasteiger partial charge < -0.3 is 15.2 Å². The van der Waals surface area contributed by atoms with Crippen molar-refractivity contribution in [2.24, 2.45) is 0 Å². The Balaban J connectivity index is 1.88. The first-order valence-corrected chi connectivity index (χ1v) is 8.04. The van der Waals surface area contributed by atoms with Gasteiger partial charge in [0.1, 0.15) is 6.33 Å². The van der Waals surface area contributed by atoms with E-state index in [-0.39, 0.29) is 0 Å². The van der Waals surface area contributed by atoms with Crippen molar-refractivity contribution >= 4 is 0 Å². The molecule has 0 aliphatic heterocycles. The monoisotopic (exact) mass is 295 g/mol. The number of unbranched alkanes of at least 4 members (excludes halogenated alkanes) is 5. The van der Waals surface area contributed by atoms with Gasteiger partial charge in [-0.05, 0) is 12.5 Å². The first-order valence-electron chi connectivity index (χ1n) is 8.04. The first kappa shape index (κ1) is 18.0. The van der Waals surface area contributed by atoms with Crippen LogP contribution in [0.5, 0.6) is 0 Å². The van der Waals surface area contributed by atoms with Crippen LogP contribution >= 0.6 is 0 Å². The highest BCUT2D eigenvalue weighted by Gasteiger charge is 2.04. The van der Waals surface area contributed by atoms with Crippen molar-refractivity contribution in [3.63, 3.8) is 0 Å². The lowest BCUT2D eigenvalue weighted by Gasteiger charge is -2.12. The van der Waals surface area contributed by atoms with E-state index in [1.165, 1.54) is 38.4 Å². The molecule has 1 unspecified atom stereocenters. The molecule has 0 bridgehead atoms. The van der Waals surface area contributed by atoms with Gasteiger partial charge in [-0.3, -0.25) is 0 Å². The van der Waals surface area contributed by atoms with Crippen LogP contribution in [-0.4, -0.2) is 40.9 Å². The van der Waals surface area contributed by atoms with Crippen LogP contribution in [0.25, 0.3) is 0 Å². The van der Waals surface area contributed by atoms with Crippen LogP contribution in [0.2, 0.25) is 0 Å². The fourth-order valence-corrected chi connectivity index (χ4v) is 2.05. The van der Waals surface area contributed by atoms with Gasteiger partial charge in [0.2, 0.25) is 0 Å². The fraction of sp³-hybridized carbons (Fsp3) is 0.750. The predicted octanol–water partition coefficient (Wildman–Crippen LogP) is 2.30. The number of aliphatic hydroxyl groups excluding tert-OH is 1. The molecule has 0 saturated carbocycles. The van der Waals surface area contributed by atoms with Crippen molar-refractivity contribution < 1.29 is 9.84 Å². The third kappa shape index (κ3) is 10.3. The number of aromatic nitrogens is 2. The number of hydrogen-bond acceptors (Lipinski definition) is 5. The van der Waals surface area contributed by atoms with Crippen LogP contribution in [0.4, 0.5) is 0 Å². The SMILES string of the molecule is CCCCCCCCOCC(O)CNCc1ccncn1. The minimum absolute atomic E-state index is 0.395. The Hall–Kier alpha value is -1.04. The second-order valence-electron chi connectivity index (χ2n) is 5.33. The number of ether oxygens (including phenoxy) is 1. The molecule has 1 aromatic rings. The zero-order valence-electron chi connectivity index (χ0n) is 13.1. The van der Waals surface area contributed by atoms with Crippen LogP contribution in [0.3, 0.4) is 0 Å². The van der Waals surface area contributed by atoms with E-state index in [1.807, 2.05) is 6.07 Å². The Morgan fingerprint density at radius 3 is 2.81 bits per heavy atom. The van der Waals surface area contributed by atoms with E-state index in [0.717, 1.165) is 18.7 Å². The molecule has 0 radical (unpaired) electrons. The average molecular weight is 295 g/mol. The maximum Gasteiger partial charge on any atom is 0.115 e. The van der Waals surface area contributed by atoms with Gasteiger partial charge in [-0.1, -0.05) is 39.0 Å². The highest BCUT2D eigenvalue weighted by molar-refractivity contribution is 4.96. The van der Waals surface area contributed by atoms with Gasteiger partial charge in [0.15, 0.2) is 0 Å². The molecule has 21 heavy (non-hydrogen) atoms. The Kier molecular flexibility index (Phi) is 10.9. The van der Waals surface area contributed by atoms with Gasteiger partial charge in [-0.15, -0.1) is 0 Å². The van der Waals surface area contributed by atoms with E-state index in [4.69, 9.17) is 4.74 Å². The number of nitrogens with zero attached hydrogens (tertiary/aromatic N) is 2. The molecule has 0 spiro atoms. The minimum Gasteiger partial charge on any atom is -0.389 e. The van der Waals surface area contributed by atoms with Gasteiger partial charge in [0.25, 0.3) is 0 Å². The molecule has 0 aromatic carbocycles. The Labute approximate surface area is 128 Å². The van der Waals surface area contributed by atoms with E-state index < -0.39 is 6.10 Å². The fourth-order valence-electron chi connectivity index (χ4n) is 2.05. The van der Waals surface area contributed by atoms with Crippen LogP contribution in [-0.2, 0) is 11.3 Å². The summed E-state index contributed by atoms with van der Waals surface area (Å²) >= 11 is 0. The molecule has 120 valence electrons. The van der Waals surface area contributed by atoms with Crippen molar-refractivity contribution in [3.8, 4) is 0 Å². The highest BCUT2D eigenvalue weighted by Crippen LogP contribution is 2.04. The summed E-state index contributed by atoms with van der Waals surface area (Å²) < 4.78 is 5.49. The van der Waals surface area contributed by atoms with E-state index in [9.17, 15) is 5.11 Å². The zero-order valence-corrected chi connectivity index (χ0v) is 13.1. The topological polar surface area (TPSA) is 67.3 Å². The summed E-state index contributed by atoms with van der Waals surface area (Å²) in [5, 5.41) is 12.9. The number of aliphatic hydroxyl groups is 1. The van der Waals surface area contributed by atoms with E-state index in [0.29, 0.717) is 19.7 Å². The summed E-state index contributed by atoms with van der Waals surface area (Å²) in [4.78, 5) is 7.97. The van der Waals surface area contributed by atoms with E-state index >= 15 is 0 Å². The molecule has 0 amide bonds. The van der Waals surface area contributed by atoms with Gasteiger partial charge in [-0.2, -0.15) is 0 Å². The molecular formula is C16H29N3O2. The second kappa shape index (κ2) is 12.7. The second-order valence-corrected chi connectivity index (χ2v) is 5.33. The van der Waals surface area contributed by atoms with Crippen molar-refractivity contribution in [1.82, 2.24) is 15.3 Å². The van der Waals surface area contributed by atoms with Gasteiger partial charge in [0, 0.05) is 25.9 Å². The van der Waals surface area contributed by atoms with E-state index in [2.05, 4.69) is 22.2 Å². The first-order chi connectivity index (χ1) is 10.3. The van der Waals surface area contributed by atoms with E-state index in [1.54, 1.807) is 6.20 Å². The Bertz CT molecular complexity index is 336. The van der Waals surface area contributed by atoms with Gasteiger partial charge >= 0.3 is 0 Å². The van der Waals surface area contributed by atoms with Crippen LogP contribution in [0.15, 0.2) is 18.6 Å². The molecule has 1 aromatic heterocycles. The quantitative estimate of drug-likeness (QED) is 0.547. The summed E-state index contributed by atoms with van der Waals surface area (Å²) in [6.07, 6.45) is 10.3. The lowest BCUT2D eigenvalue weighted by molar-refractivity contribution is 0.0352. The molecule has 5 heteroatoms. The lowest BCUT2D eigenvalue weighted by Crippen LogP contribution is -2.30. The number of nitrogens with one attached hydrogen (secondary N) is 1. The molecule has 0 aliphatic carbocycles. The smallest absolute Gasteiger partial charge is 0.115 e. The number of hydrogen-bond donors (Lipinski definition) is 2. The molecule has 0 fully saturated rings. The molecule has 0 saturated heterocycles. The van der Waals surface area contributed by atoms with Crippen molar-refractivity contribution in [1.29, 1.82) is 0 Å². The van der Waals surface area contributed by atoms with Crippen LogP contribution in [0.1, 0.15) is 51.1 Å². The molecule has 1 atom stereocenters. The highest BCUT2D eigenvalue weighted by atomic mass is 16.5. The Morgan fingerprint density at radius 2 is 2.05 bits per heavy atom. The largest absolute Gasteiger partial charge is 0.389 e. The van der Waals surface area contributed by atoms with Crippen LogP contribution < -0.4 is 5.32 Å². The third-order valence-corrected chi connectivity index (χ3v) is 3.28. The molecular weight excluding hydrogens is 266 g/mol. The third-order valence-electron chi connectivity index (χ3n) is 3.28. The number of rotatable bonds is 13. The summed E-state index contributed by atoms with van der Waals surface area (Å²) in [6, 6.07) is 1.86. The Morgan fingerprint density at radius 1 is 1.24 bits per heavy atom. The summed E-state index contributed by atoms with van der Waals surface area (Å²) in [5.74, 6) is 0. The summed E-state index contributed by atoms with van der Waals surface area (Å²) in [6.45, 7) is 4.52. The predicted molar refractivity (Wildman–Crippen MR) is 83.9 cm³/mol. The molecule has 1 heterocycles. The zero-order chi connectivity index (χ0) is 15.2. The maximum atomic E-state index is 9.78. The van der Waals surface area contributed by atoms with Crippen molar-refractivity contribution in [2.75, 3.05) is 19.8 Å². The van der Waals surface area contributed by atoms with Gasteiger partial charge in [-0.25, -0.2) is 9.97 Å². The molecule has 2 N–H and O–H groups in total. The maximum absolute atomic E-state index is 9.78. The van der Waals surface area contributed by atoms with Crippen LogP contribution in [0, 0.1) is 0 Å². The van der Waals surface area contributed by atoms with Crippen molar-refractivity contribution in [2.45, 2.75) is 58.1 Å². The normalized spacial score (nSPS) is 12.5. The molecule has 0 aliphatic rings. The van der Waals surface area contributed by atoms with Crippen molar-refractivity contribution in [3.05, 3.63) is 24.3 Å². The summed E-state index contributed by atoms with van der Waals surface area (Å²) in [5.41, 5.74) is 0.921. The lowest BCUT2D eigenvalue weighted by atomic mass is 10.1. The standard InChI is InChI=1S/C16H29N3O2/c1-2-3-4-5-6-7-10-21-13-16(20)12-18-11-15-8-9-17-14-19-15/h8-9,14,16,18,20H,2-7,10-13H2,1H3. The molecule has 1 rings (SSSR count). The summed E-state index contributed by atoms with van der Waals surface area (Å²) in [7, 11) is 0. The average Bonchev–Trinajstić information content (AvgIpc) is 2.51. The minimum atomic E-state index is -0.466. The van der Waals surface area contributed by atoms with Gasteiger partial charge in [0.05, 0.1) is 18.4 Å².